The second kappa shape index (κ2) is 7.76. The van der Waals surface area contributed by atoms with Crippen molar-refractivity contribution in [2.75, 3.05) is 19.3 Å². The highest BCUT2D eigenvalue weighted by molar-refractivity contribution is 7.90. The maximum Gasteiger partial charge on any atom is 0.154 e. The molecule has 0 aromatic heterocycles. The van der Waals surface area contributed by atoms with Gasteiger partial charge in [-0.05, 0) is 54.0 Å². The second-order valence-electron chi connectivity index (χ2n) is 7.90. The zero-order valence-electron chi connectivity index (χ0n) is 17.5. The van der Waals surface area contributed by atoms with Crippen LogP contribution in [-0.4, -0.2) is 49.5 Å². The van der Waals surface area contributed by atoms with Gasteiger partial charge in [-0.2, -0.15) is 0 Å². The quantitative estimate of drug-likeness (QED) is 0.814. The highest BCUT2D eigenvalue weighted by atomic mass is 32.2. The Balaban J connectivity index is 1.93. The smallest absolute Gasteiger partial charge is 0.154 e. The van der Waals surface area contributed by atoms with Gasteiger partial charge in [-0.1, -0.05) is 25.1 Å². The van der Waals surface area contributed by atoms with E-state index in [1.165, 1.54) is 0 Å². The summed E-state index contributed by atoms with van der Waals surface area (Å²) in [6, 6.07) is 12.9. The number of sulfone groups is 1. The molecule has 4 rings (SSSR count). The summed E-state index contributed by atoms with van der Waals surface area (Å²) in [5.41, 5.74) is 6.74. The molecule has 0 saturated carbocycles. The van der Waals surface area contributed by atoms with Crippen molar-refractivity contribution < 1.29 is 13.5 Å². The lowest BCUT2D eigenvalue weighted by Gasteiger charge is -2.25. The van der Waals surface area contributed by atoms with Crippen LogP contribution in [0.5, 0.6) is 5.75 Å². The van der Waals surface area contributed by atoms with Gasteiger partial charge < -0.3 is 10.0 Å². The predicted octanol–water partition coefficient (Wildman–Crippen LogP) is 3.78. The van der Waals surface area contributed by atoms with Gasteiger partial charge >= 0.3 is 0 Å². The summed E-state index contributed by atoms with van der Waals surface area (Å²) in [6.45, 7) is 4.57. The molecule has 2 aromatic carbocycles. The molecule has 2 aliphatic heterocycles. The Bertz CT molecular complexity index is 1180. The molecule has 1 atom stereocenters. The fourth-order valence-electron chi connectivity index (χ4n) is 3.97. The molecule has 30 heavy (non-hydrogen) atoms. The molecule has 156 valence electrons. The van der Waals surface area contributed by atoms with Gasteiger partial charge in [-0.25, -0.2) is 8.42 Å². The van der Waals surface area contributed by atoms with Gasteiger partial charge in [0.1, 0.15) is 5.75 Å². The van der Waals surface area contributed by atoms with Crippen LogP contribution < -0.4 is 0 Å². The minimum atomic E-state index is -3.13. The van der Waals surface area contributed by atoms with Gasteiger partial charge in [-0.3, -0.25) is 4.99 Å². The van der Waals surface area contributed by atoms with Crippen LogP contribution >= 0.6 is 0 Å². The summed E-state index contributed by atoms with van der Waals surface area (Å²) < 4.78 is 24.5. The topological polar surface area (TPSA) is 70.0 Å². The number of benzene rings is 2. The number of rotatable bonds is 4. The van der Waals surface area contributed by atoms with Crippen LogP contribution in [0.4, 0.5) is 0 Å². The molecule has 5 nitrogen and oxygen atoms in total. The molecule has 2 heterocycles. The number of nitrogens with zero attached hydrogens (tertiary/aromatic N) is 2. The van der Waals surface area contributed by atoms with E-state index in [1.807, 2.05) is 37.4 Å². The first kappa shape index (κ1) is 20.4. The lowest BCUT2D eigenvalue weighted by molar-refractivity contribution is 0.475. The minimum Gasteiger partial charge on any atom is -0.508 e. The molecule has 6 heteroatoms. The van der Waals surface area contributed by atoms with Crippen molar-refractivity contribution in [2.45, 2.75) is 25.6 Å². The Kier molecular flexibility index (Phi) is 5.28. The van der Waals surface area contributed by atoms with Crippen molar-refractivity contribution in [1.29, 1.82) is 0 Å². The predicted molar refractivity (Wildman–Crippen MR) is 122 cm³/mol. The van der Waals surface area contributed by atoms with Crippen molar-refractivity contribution in [3.05, 3.63) is 82.6 Å². The molecule has 2 aliphatic rings. The number of hydrogen-bond donors (Lipinski definition) is 1. The Morgan fingerprint density at radius 3 is 2.57 bits per heavy atom. The average molecular weight is 423 g/mol. The molecule has 1 N–H and O–H groups in total. The third-order valence-electron chi connectivity index (χ3n) is 5.63. The molecule has 0 amide bonds. The fraction of sp³-hybridized carbons (Fsp3) is 0.292. The Hall–Kier alpha value is -2.86. The number of aromatic hydroxyl groups is 1. The van der Waals surface area contributed by atoms with Crippen LogP contribution in [0.15, 0.2) is 65.3 Å². The SMILES string of the molecule is CCS(=O)(=O)Cc1ccc2c(c1)C1=CN(C)CC=C1[C@H](C)N=C2c1ccc(O)cc1. The fourth-order valence-corrected chi connectivity index (χ4v) is 4.86. The maximum atomic E-state index is 12.2. The van der Waals surface area contributed by atoms with Crippen molar-refractivity contribution in [1.82, 2.24) is 4.90 Å². The lowest BCUT2D eigenvalue weighted by Crippen LogP contribution is -2.19. The normalized spacial score (nSPS) is 18.6. The van der Waals surface area contributed by atoms with Crippen LogP contribution in [0, 0.1) is 0 Å². The van der Waals surface area contributed by atoms with Crippen molar-refractivity contribution in [3.8, 4) is 5.75 Å². The number of aliphatic imine (C=N–C) groups is 1. The Morgan fingerprint density at radius 1 is 1.13 bits per heavy atom. The minimum absolute atomic E-state index is 0.0280. The van der Waals surface area contributed by atoms with E-state index in [2.05, 4.69) is 24.1 Å². The largest absolute Gasteiger partial charge is 0.508 e. The van der Waals surface area contributed by atoms with E-state index in [9.17, 15) is 13.5 Å². The summed E-state index contributed by atoms with van der Waals surface area (Å²) in [5.74, 6) is 0.361. The molecule has 0 fully saturated rings. The zero-order chi connectivity index (χ0) is 21.5. The summed E-state index contributed by atoms with van der Waals surface area (Å²) >= 11 is 0. The molecule has 0 bridgehead atoms. The van der Waals surface area contributed by atoms with Crippen molar-refractivity contribution in [2.24, 2.45) is 4.99 Å². The van der Waals surface area contributed by atoms with Crippen LogP contribution in [0.3, 0.4) is 0 Å². The van der Waals surface area contributed by atoms with E-state index >= 15 is 0 Å². The van der Waals surface area contributed by atoms with Gasteiger partial charge in [0, 0.05) is 42.2 Å². The van der Waals surface area contributed by atoms with Gasteiger partial charge in [-0.15, -0.1) is 0 Å². The van der Waals surface area contributed by atoms with E-state index in [1.54, 1.807) is 19.1 Å². The molecular formula is C24H26N2O3S. The molecule has 0 radical (unpaired) electrons. The average Bonchev–Trinajstić information content (AvgIpc) is 2.83. The van der Waals surface area contributed by atoms with Crippen LogP contribution in [0.2, 0.25) is 0 Å². The summed E-state index contributed by atoms with van der Waals surface area (Å²) in [7, 11) is -1.10. The second-order valence-corrected chi connectivity index (χ2v) is 10.3. The van der Waals surface area contributed by atoms with E-state index in [0.717, 1.165) is 45.7 Å². The number of hydrogen-bond acceptors (Lipinski definition) is 5. The lowest BCUT2D eigenvalue weighted by atomic mass is 9.88. The summed E-state index contributed by atoms with van der Waals surface area (Å²) in [5, 5.41) is 9.70. The first-order valence-electron chi connectivity index (χ1n) is 10.1. The molecule has 0 spiro atoms. The van der Waals surface area contributed by atoms with Gasteiger partial charge in [0.25, 0.3) is 0 Å². The van der Waals surface area contributed by atoms with E-state index < -0.39 is 9.84 Å². The first-order chi connectivity index (χ1) is 14.3. The summed E-state index contributed by atoms with van der Waals surface area (Å²) in [6.07, 6.45) is 4.32. The van der Waals surface area contributed by atoms with Crippen molar-refractivity contribution in [3.63, 3.8) is 0 Å². The molecule has 0 aliphatic carbocycles. The van der Waals surface area contributed by atoms with Gasteiger partial charge in [0.2, 0.25) is 0 Å². The van der Waals surface area contributed by atoms with Crippen LogP contribution in [0.25, 0.3) is 5.57 Å². The number of phenolic OH excluding ortho intramolecular Hbond substituents is 1. The third kappa shape index (κ3) is 3.92. The molecule has 0 unspecified atom stereocenters. The van der Waals surface area contributed by atoms with Crippen molar-refractivity contribution >= 4 is 21.1 Å². The standard InChI is InChI=1S/C24H26N2O3S/c1-4-30(28,29)15-17-5-10-21-22(13-17)23-14-26(3)12-11-20(23)16(2)25-24(21)18-6-8-19(27)9-7-18/h5-11,13-14,16,27H,4,12,15H2,1-3H3/t16-/m0/s1. The number of likely N-dealkylation sites (N-methyl/N-ethyl adjacent to an activating group) is 1. The van der Waals surface area contributed by atoms with E-state index in [4.69, 9.17) is 4.99 Å². The Morgan fingerprint density at radius 2 is 1.87 bits per heavy atom. The molecule has 2 aromatic rings. The van der Waals surface area contributed by atoms with Gasteiger partial charge in [0.15, 0.2) is 9.84 Å². The molecular weight excluding hydrogens is 396 g/mol. The Labute approximate surface area is 178 Å². The third-order valence-corrected chi connectivity index (χ3v) is 7.28. The van der Waals surface area contributed by atoms with E-state index in [-0.39, 0.29) is 23.3 Å². The highest BCUT2D eigenvalue weighted by Gasteiger charge is 2.27. The highest BCUT2D eigenvalue weighted by Crippen LogP contribution is 2.37. The van der Waals surface area contributed by atoms with Gasteiger partial charge in [0.05, 0.1) is 17.5 Å². The number of phenols is 1. The number of fused-ring (bicyclic) bond motifs is 3. The first-order valence-corrected chi connectivity index (χ1v) is 11.9. The monoisotopic (exact) mass is 422 g/mol. The maximum absolute atomic E-state index is 12.2. The summed E-state index contributed by atoms with van der Waals surface area (Å²) in [4.78, 5) is 7.16. The zero-order valence-corrected chi connectivity index (χ0v) is 18.3. The van der Waals surface area contributed by atoms with E-state index in [0.29, 0.717) is 0 Å². The van der Waals surface area contributed by atoms with Crippen LogP contribution in [0.1, 0.15) is 36.1 Å². The van der Waals surface area contributed by atoms with Crippen LogP contribution in [-0.2, 0) is 15.6 Å². The molecule has 0 saturated heterocycles.